The molecule has 2 aliphatic heterocycles. The lowest BCUT2D eigenvalue weighted by molar-refractivity contribution is 0.314. The molecule has 0 atom stereocenters. The SMILES string of the molecule is O/N=C(/c1ccc(/C(=N/O)N2CC2)cc1)N1CC1. The first-order valence-corrected chi connectivity index (χ1v) is 5.88. The van der Waals surface area contributed by atoms with E-state index >= 15 is 0 Å². The van der Waals surface area contributed by atoms with Gasteiger partial charge < -0.3 is 20.2 Å². The van der Waals surface area contributed by atoms with Gasteiger partial charge in [-0.05, 0) is 0 Å². The summed E-state index contributed by atoms with van der Waals surface area (Å²) < 4.78 is 0. The van der Waals surface area contributed by atoms with Crippen molar-refractivity contribution in [3.63, 3.8) is 0 Å². The van der Waals surface area contributed by atoms with Gasteiger partial charge in [0, 0.05) is 37.3 Å². The largest absolute Gasteiger partial charge is 0.409 e. The van der Waals surface area contributed by atoms with E-state index in [2.05, 4.69) is 10.3 Å². The van der Waals surface area contributed by atoms with Crippen LogP contribution in [0, 0.1) is 0 Å². The highest BCUT2D eigenvalue weighted by molar-refractivity contribution is 6.02. The topological polar surface area (TPSA) is 71.2 Å². The molecule has 0 saturated carbocycles. The van der Waals surface area contributed by atoms with E-state index in [4.69, 9.17) is 10.4 Å². The van der Waals surface area contributed by atoms with Crippen LogP contribution in [0.25, 0.3) is 0 Å². The van der Waals surface area contributed by atoms with E-state index < -0.39 is 0 Å². The number of hydrogen-bond acceptors (Lipinski definition) is 4. The lowest BCUT2D eigenvalue weighted by Gasteiger charge is -2.08. The van der Waals surface area contributed by atoms with Gasteiger partial charge in [0.1, 0.15) is 0 Å². The molecule has 0 aliphatic carbocycles. The van der Waals surface area contributed by atoms with Crippen LogP contribution in [0.2, 0.25) is 0 Å². The first kappa shape index (κ1) is 10.9. The zero-order valence-corrected chi connectivity index (χ0v) is 9.82. The maximum atomic E-state index is 8.99. The van der Waals surface area contributed by atoms with E-state index in [1.165, 1.54) is 0 Å². The zero-order chi connectivity index (χ0) is 12.5. The third kappa shape index (κ3) is 1.97. The molecule has 2 N–H and O–H groups in total. The molecule has 1 aromatic carbocycles. The van der Waals surface area contributed by atoms with Crippen molar-refractivity contribution in [2.75, 3.05) is 26.2 Å². The molecular weight excluding hydrogens is 232 g/mol. The van der Waals surface area contributed by atoms with Crippen LogP contribution in [0.15, 0.2) is 34.6 Å². The van der Waals surface area contributed by atoms with Crippen LogP contribution in [0.5, 0.6) is 0 Å². The van der Waals surface area contributed by atoms with E-state index in [1.54, 1.807) is 0 Å². The van der Waals surface area contributed by atoms with Gasteiger partial charge in [0.25, 0.3) is 0 Å². The monoisotopic (exact) mass is 246 g/mol. The van der Waals surface area contributed by atoms with E-state index in [-0.39, 0.29) is 0 Å². The standard InChI is InChI=1S/C12H14N4O2/c17-13-11(15-5-6-15)9-1-2-10(4-3-9)12(14-18)16-7-8-16/h1-4,17-18H,5-8H2/b13-11-,14-12-. The summed E-state index contributed by atoms with van der Waals surface area (Å²) in [5.41, 5.74) is 1.73. The Kier molecular flexibility index (Phi) is 2.55. The van der Waals surface area contributed by atoms with E-state index in [9.17, 15) is 0 Å². The van der Waals surface area contributed by atoms with Crippen LogP contribution in [0.3, 0.4) is 0 Å². The third-order valence-corrected chi connectivity index (χ3v) is 3.08. The van der Waals surface area contributed by atoms with Gasteiger partial charge >= 0.3 is 0 Å². The molecule has 94 valence electrons. The predicted molar refractivity (Wildman–Crippen MR) is 66.2 cm³/mol. The summed E-state index contributed by atoms with van der Waals surface area (Å²) in [5.74, 6) is 1.19. The summed E-state index contributed by atoms with van der Waals surface area (Å²) in [5, 5.41) is 24.6. The van der Waals surface area contributed by atoms with Gasteiger partial charge in [0.15, 0.2) is 11.7 Å². The average molecular weight is 246 g/mol. The molecule has 18 heavy (non-hydrogen) atoms. The van der Waals surface area contributed by atoms with Crippen molar-refractivity contribution in [1.29, 1.82) is 0 Å². The highest BCUT2D eigenvalue weighted by atomic mass is 16.4. The molecule has 0 spiro atoms. The number of rotatable bonds is 2. The molecule has 2 aliphatic rings. The van der Waals surface area contributed by atoms with Gasteiger partial charge in [0.2, 0.25) is 0 Å². The number of hydrogen-bond donors (Lipinski definition) is 2. The van der Waals surface area contributed by atoms with Crippen LogP contribution in [0.1, 0.15) is 11.1 Å². The normalized spacial score (nSPS) is 19.1. The van der Waals surface area contributed by atoms with Crippen LogP contribution in [-0.4, -0.2) is 58.1 Å². The second kappa shape index (κ2) is 4.21. The van der Waals surface area contributed by atoms with Crippen molar-refractivity contribution < 1.29 is 10.4 Å². The molecular formula is C12H14N4O2. The summed E-state index contributed by atoms with van der Waals surface area (Å²) in [6, 6.07) is 7.49. The molecule has 2 saturated heterocycles. The van der Waals surface area contributed by atoms with Crippen LogP contribution < -0.4 is 0 Å². The summed E-state index contributed by atoms with van der Waals surface area (Å²) in [4.78, 5) is 3.95. The van der Waals surface area contributed by atoms with Crippen LogP contribution in [-0.2, 0) is 0 Å². The Morgan fingerprint density at radius 2 is 1.11 bits per heavy atom. The van der Waals surface area contributed by atoms with Crippen molar-refractivity contribution in [1.82, 2.24) is 9.80 Å². The highest BCUT2D eigenvalue weighted by Crippen LogP contribution is 2.17. The van der Waals surface area contributed by atoms with E-state index in [1.807, 2.05) is 34.1 Å². The molecule has 2 fully saturated rings. The van der Waals surface area contributed by atoms with Gasteiger partial charge in [-0.25, -0.2) is 0 Å². The quantitative estimate of drug-likeness (QED) is 0.263. The number of benzene rings is 1. The molecule has 1 aromatic rings. The van der Waals surface area contributed by atoms with Crippen molar-refractivity contribution in [3.05, 3.63) is 35.4 Å². The molecule has 0 bridgehead atoms. The molecule has 0 amide bonds. The Bertz CT molecular complexity index is 454. The van der Waals surface area contributed by atoms with Gasteiger partial charge in [0.05, 0.1) is 0 Å². The first-order valence-electron chi connectivity index (χ1n) is 5.88. The van der Waals surface area contributed by atoms with Crippen molar-refractivity contribution in [2.24, 2.45) is 10.3 Å². The molecule has 2 heterocycles. The van der Waals surface area contributed by atoms with Gasteiger partial charge in [-0.1, -0.05) is 34.6 Å². The smallest absolute Gasteiger partial charge is 0.175 e. The predicted octanol–water partition coefficient (Wildman–Crippen LogP) is 0.589. The van der Waals surface area contributed by atoms with Gasteiger partial charge in [-0.2, -0.15) is 0 Å². The Hall–Kier alpha value is -2.24. The van der Waals surface area contributed by atoms with E-state index in [0.717, 1.165) is 37.3 Å². The Morgan fingerprint density at radius 3 is 1.33 bits per heavy atom. The summed E-state index contributed by atoms with van der Waals surface area (Å²) >= 11 is 0. The molecule has 6 nitrogen and oxygen atoms in total. The Labute approximate surface area is 104 Å². The van der Waals surface area contributed by atoms with Crippen molar-refractivity contribution >= 4 is 11.7 Å². The third-order valence-electron chi connectivity index (χ3n) is 3.08. The fourth-order valence-electron chi connectivity index (χ4n) is 1.90. The lowest BCUT2D eigenvalue weighted by Crippen LogP contribution is -2.15. The molecule has 0 radical (unpaired) electrons. The minimum Gasteiger partial charge on any atom is -0.409 e. The van der Waals surface area contributed by atoms with Crippen molar-refractivity contribution in [3.8, 4) is 0 Å². The maximum Gasteiger partial charge on any atom is 0.175 e. The summed E-state index contributed by atoms with van der Waals surface area (Å²) in [6.45, 7) is 3.72. The van der Waals surface area contributed by atoms with Crippen LogP contribution >= 0.6 is 0 Å². The fraction of sp³-hybridized carbons (Fsp3) is 0.333. The van der Waals surface area contributed by atoms with Gasteiger partial charge in [-0.15, -0.1) is 0 Å². The Morgan fingerprint density at radius 1 is 0.778 bits per heavy atom. The minimum atomic E-state index is 0.593. The molecule has 0 unspecified atom stereocenters. The average Bonchev–Trinajstić information content (AvgIpc) is 3.26. The highest BCUT2D eigenvalue weighted by Gasteiger charge is 2.26. The van der Waals surface area contributed by atoms with Crippen LogP contribution in [0.4, 0.5) is 0 Å². The molecule has 3 rings (SSSR count). The summed E-state index contributed by atoms with van der Waals surface area (Å²) in [6.07, 6.45) is 0. The number of amidine groups is 2. The lowest BCUT2D eigenvalue weighted by atomic mass is 10.1. The maximum absolute atomic E-state index is 8.99. The first-order chi connectivity index (χ1) is 8.83. The minimum absolute atomic E-state index is 0.593. The van der Waals surface area contributed by atoms with Gasteiger partial charge in [-0.3, -0.25) is 0 Å². The fourth-order valence-corrected chi connectivity index (χ4v) is 1.90. The Balaban J connectivity index is 1.84. The van der Waals surface area contributed by atoms with Crippen molar-refractivity contribution in [2.45, 2.75) is 0 Å². The molecule has 6 heteroatoms. The van der Waals surface area contributed by atoms with E-state index in [0.29, 0.717) is 11.7 Å². The number of oxime groups is 2. The molecule has 0 aromatic heterocycles. The second-order valence-corrected chi connectivity index (χ2v) is 4.40. The summed E-state index contributed by atoms with van der Waals surface area (Å²) in [7, 11) is 0. The second-order valence-electron chi connectivity index (χ2n) is 4.40. The zero-order valence-electron chi connectivity index (χ0n) is 9.82. The number of nitrogens with zero attached hydrogens (tertiary/aromatic N) is 4.